The molecule has 3 unspecified atom stereocenters. The highest BCUT2D eigenvalue weighted by Crippen LogP contribution is 2.44. The molecule has 8 heteroatoms. The van der Waals surface area contributed by atoms with E-state index in [-0.39, 0.29) is 18.1 Å². The number of hydrogen-bond acceptors (Lipinski definition) is 2. The average Bonchev–Trinajstić information content (AvgIpc) is 2.71. The third kappa shape index (κ3) is 5.32. The van der Waals surface area contributed by atoms with Crippen LogP contribution in [0.1, 0.15) is 42.9 Å². The largest absolute Gasteiger partial charge is 0.490 e. The van der Waals surface area contributed by atoms with Crippen LogP contribution in [0.3, 0.4) is 0 Å². The number of ether oxygens (including phenoxy) is 1. The van der Waals surface area contributed by atoms with Gasteiger partial charge in [-0.1, -0.05) is 42.8 Å². The van der Waals surface area contributed by atoms with Crippen LogP contribution in [0, 0.1) is 5.92 Å². The van der Waals surface area contributed by atoms with Crippen LogP contribution in [-0.2, 0) is 18.8 Å². The first-order valence-electron chi connectivity index (χ1n) is 10.3. The van der Waals surface area contributed by atoms with Crippen molar-refractivity contribution in [3.05, 3.63) is 64.2 Å². The lowest BCUT2D eigenvalue weighted by Crippen LogP contribution is -2.45. The third-order valence-electron chi connectivity index (χ3n) is 5.88. The second-order valence-corrected chi connectivity index (χ2v) is 8.40. The molecule has 3 rings (SSSR count). The van der Waals surface area contributed by atoms with Crippen LogP contribution in [0.4, 0.5) is 22.0 Å². The van der Waals surface area contributed by atoms with Crippen LogP contribution >= 0.6 is 11.6 Å². The van der Waals surface area contributed by atoms with Gasteiger partial charge in [0.2, 0.25) is 0 Å². The SMILES string of the molecule is CCc1cc(OC2CCCC(N)C2Cc2ccc(C(F)(F)C(F)(F)F)cc2)ccc1Cl. The third-order valence-corrected chi connectivity index (χ3v) is 6.25. The summed E-state index contributed by atoms with van der Waals surface area (Å²) in [4.78, 5) is 0. The van der Waals surface area contributed by atoms with E-state index >= 15 is 0 Å². The Morgan fingerprint density at radius 3 is 2.32 bits per heavy atom. The minimum Gasteiger partial charge on any atom is -0.490 e. The summed E-state index contributed by atoms with van der Waals surface area (Å²) >= 11 is 6.17. The highest BCUT2D eigenvalue weighted by Gasteiger charge is 2.58. The molecule has 2 aromatic carbocycles. The second-order valence-electron chi connectivity index (χ2n) is 7.99. The lowest BCUT2D eigenvalue weighted by atomic mass is 9.78. The van der Waals surface area contributed by atoms with Gasteiger partial charge in [-0.05, 0) is 61.4 Å². The maximum absolute atomic E-state index is 13.5. The molecule has 3 atom stereocenters. The summed E-state index contributed by atoms with van der Waals surface area (Å²) in [5.74, 6) is -4.29. The summed E-state index contributed by atoms with van der Waals surface area (Å²) < 4.78 is 71.1. The summed E-state index contributed by atoms with van der Waals surface area (Å²) in [5.41, 5.74) is 6.88. The van der Waals surface area contributed by atoms with Gasteiger partial charge >= 0.3 is 12.1 Å². The first-order chi connectivity index (χ1) is 14.5. The van der Waals surface area contributed by atoms with Gasteiger partial charge in [0, 0.05) is 22.5 Å². The molecule has 0 aliphatic heterocycles. The molecule has 0 spiro atoms. The van der Waals surface area contributed by atoms with Crippen molar-refractivity contribution >= 4 is 11.6 Å². The normalized spacial score (nSPS) is 22.4. The Kier molecular flexibility index (Phi) is 7.16. The number of halogens is 6. The van der Waals surface area contributed by atoms with Crippen LogP contribution in [0.25, 0.3) is 0 Å². The zero-order valence-electron chi connectivity index (χ0n) is 17.1. The number of hydrogen-bond donors (Lipinski definition) is 1. The zero-order valence-corrected chi connectivity index (χ0v) is 17.8. The van der Waals surface area contributed by atoms with E-state index in [4.69, 9.17) is 22.1 Å². The lowest BCUT2D eigenvalue weighted by Gasteiger charge is -2.36. The Morgan fingerprint density at radius 1 is 1.03 bits per heavy atom. The van der Waals surface area contributed by atoms with Gasteiger partial charge in [-0.15, -0.1) is 0 Å². The van der Waals surface area contributed by atoms with Crippen molar-refractivity contribution in [2.75, 3.05) is 0 Å². The summed E-state index contributed by atoms with van der Waals surface area (Å²) in [6, 6.07) is 9.61. The molecule has 0 bridgehead atoms. The van der Waals surface area contributed by atoms with Crippen molar-refractivity contribution in [3.63, 3.8) is 0 Å². The van der Waals surface area contributed by atoms with Crippen LogP contribution in [0.15, 0.2) is 42.5 Å². The fourth-order valence-electron chi connectivity index (χ4n) is 4.04. The van der Waals surface area contributed by atoms with E-state index in [1.165, 1.54) is 12.1 Å². The van der Waals surface area contributed by atoms with Crippen molar-refractivity contribution in [3.8, 4) is 5.75 Å². The Morgan fingerprint density at radius 2 is 1.71 bits per heavy atom. The van der Waals surface area contributed by atoms with Gasteiger partial charge in [0.1, 0.15) is 11.9 Å². The van der Waals surface area contributed by atoms with E-state index < -0.39 is 17.7 Å². The highest BCUT2D eigenvalue weighted by molar-refractivity contribution is 6.31. The molecule has 1 aliphatic carbocycles. The zero-order chi connectivity index (χ0) is 22.8. The predicted molar refractivity (Wildman–Crippen MR) is 111 cm³/mol. The van der Waals surface area contributed by atoms with Gasteiger partial charge in [-0.3, -0.25) is 0 Å². The maximum atomic E-state index is 13.5. The van der Waals surface area contributed by atoms with Crippen LogP contribution in [-0.4, -0.2) is 18.3 Å². The minimum absolute atomic E-state index is 0.0940. The van der Waals surface area contributed by atoms with E-state index in [2.05, 4.69) is 0 Å². The van der Waals surface area contributed by atoms with Crippen LogP contribution in [0.2, 0.25) is 5.02 Å². The molecule has 2 nitrogen and oxygen atoms in total. The van der Waals surface area contributed by atoms with Crippen LogP contribution in [0.5, 0.6) is 5.75 Å². The Bertz CT molecular complexity index is 885. The molecule has 1 fully saturated rings. The smallest absolute Gasteiger partial charge is 0.458 e. The Labute approximate surface area is 183 Å². The van der Waals surface area contributed by atoms with Crippen molar-refractivity contribution in [1.82, 2.24) is 0 Å². The van der Waals surface area contributed by atoms with E-state index in [9.17, 15) is 22.0 Å². The molecule has 1 saturated carbocycles. The first kappa shape index (κ1) is 23.8. The topological polar surface area (TPSA) is 35.2 Å². The number of alkyl halides is 5. The van der Waals surface area contributed by atoms with Crippen molar-refractivity contribution < 1.29 is 26.7 Å². The highest BCUT2D eigenvalue weighted by atomic mass is 35.5. The first-order valence-corrected chi connectivity index (χ1v) is 10.7. The monoisotopic (exact) mass is 461 g/mol. The second kappa shape index (κ2) is 9.33. The molecule has 2 N–H and O–H groups in total. The number of benzene rings is 2. The molecule has 170 valence electrons. The fraction of sp³-hybridized carbons (Fsp3) is 0.478. The van der Waals surface area contributed by atoms with Gasteiger partial charge in [-0.25, -0.2) is 0 Å². The van der Waals surface area contributed by atoms with Crippen molar-refractivity contribution in [2.45, 2.75) is 63.3 Å². The molecule has 0 radical (unpaired) electrons. The summed E-state index contributed by atoms with van der Waals surface area (Å²) in [5, 5.41) is 0.669. The van der Waals surface area contributed by atoms with Crippen molar-refractivity contribution in [2.24, 2.45) is 11.7 Å². The molecule has 0 aromatic heterocycles. The van der Waals surface area contributed by atoms with Gasteiger partial charge in [0.15, 0.2) is 0 Å². The number of aryl methyl sites for hydroxylation is 1. The van der Waals surface area contributed by atoms with Gasteiger partial charge in [0.05, 0.1) is 0 Å². The van der Waals surface area contributed by atoms with Gasteiger partial charge in [0.25, 0.3) is 0 Å². The molecule has 31 heavy (non-hydrogen) atoms. The summed E-state index contributed by atoms with van der Waals surface area (Å²) in [7, 11) is 0. The summed E-state index contributed by atoms with van der Waals surface area (Å²) in [6.07, 6.45) is -2.15. The quantitative estimate of drug-likeness (QED) is 0.487. The molecular formula is C23H25ClF5NO. The fourth-order valence-corrected chi connectivity index (χ4v) is 4.30. The maximum Gasteiger partial charge on any atom is 0.458 e. The van der Waals surface area contributed by atoms with Crippen molar-refractivity contribution in [1.29, 1.82) is 0 Å². The lowest BCUT2D eigenvalue weighted by molar-refractivity contribution is -0.289. The molecule has 0 amide bonds. The molecule has 2 aromatic rings. The standard InChI is InChI=1S/C23H25ClF5NO/c1-2-15-13-17(10-11-19(15)24)31-21-5-3-4-20(30)18(21)12-14-6-8-16(9-7-14)22(25,26)23(27,28)29/h6-11,13,18,20-21H,2-5,12,30H2,1H3. The minimum atomic E-state index is -5.63. The number of nitrogens with two attached hydrogens (primary N) is 1. The predicted octanol–water partition coefficient (Wildman–Crippen LogP) is 6.67. The number of rotatable bonds is 6. The van der Waals surface area contributed by atoms with E-state index in [0.717, 1.165) is 43.4 Å². The van der Waals surface area contributed by atoms with E-state index in [0.29, 0.717) is 22.8 Å². The molecule has 1 aliphatic rings. The summed E-state index contributed by atoms with van der Waals surface area (Å²) in [6.45, 7) is 2.00. The van der Waals surface area contributed by atoms with Gasteiger partial charge < -0.3 is 10.5 Å². The Hall–Kier alpha value is -1.86. The molecule has 0 saturated heterocycles. The van der Waals surface area contributed by atoms with Crippen LogP contribution < -0.4 is 10.5 Å². The van der Waals surface area contributed by atoms with E-state index in [1.807, 2.05) is 13.0 Å². The van der Waals surface area contributed by atoms with E-state index in [1.54, 1.807) is 12.1 Å². The Balaban J connectivity index is 1.76. The average molecular weight is 462 g/mol. The van der Waals surface area contributed by atoms with Gasteiger partial charge in [-0.2, -0.15) is 22.0 Å². The molecular weight excluding hydrogens is 437 g/mol. The molecule has 0 heterocycles.